The number of hydrogen-bond acceptors (Lipinski definition) is 3. The number of hydrogen-bond donors (Lipinski definition) is 1. The maximum atomic E-state index is 12.1. The standard InChI is InChI=1S/C14H27NO3/c1-13(2,3)11(16)10-8-7-9-15(10)12(17)18-14(4,5)6/h10-11,16H,7-9H2,1-6H3/t10-,11+/m1/s1. The molecule has 1 saturated heterocycles. The smallest absolute Gasteiger partial charge is 0.410 e. The van der Waals surface area contributed by atoms with Crippen molar-refractivity contribution < 1.29 is 14.6 Å². The Bertz CT molecular complexity index is 301. The first-order valence-corrected chi connectivity index (χ1v) is 6.70. The zero-order chi connectivity index (χ0) is 14.1. The second-order valence-electron chi connectivity index (χ2n) is 7.19. The summed E-state index contributed by atoms with van der Waals surface area (Å²) in [5.41, 5.74) is -0.716. The number of aliphatic hydroxyl groups is 1. The van der Waals surface area contributed by atoms with E-state index in [1.54, 1.807) is 4.90 Å². The normalized spacial score (nSPS) is 23.1. The molecule has 1 aliphatic rings. The number of ether oxygens (including phenoxy) is 1. The maximum absolute atomic E-state index is 12.1. The second-order valence-corrected chi connectivity index (χ2v) is 7.19. The van der Waals surface area contributed by atoms with Crippen LogP contribution in [0.15, 0.2) is 0 Å². The highest BCUT2D eigenvalue weighted by atomic mass is 16.6. The van der Waals surface area contributed by atoms with Crippen molar-refractivity contribution in [3.05, 3.63) is 0 Å². The quantitative estimate of drug-likeness (QED) is 0.786. The van der Waals surface area contributed by atoms with E-state index in [0.29, 0.717) is 6.54 Å². The molecule has 1 aliphatic heterocycles. The molecular weight excluding hydrogens is 230 g/mol. The van der Waals surface area contributed by atoms with Crippen molar-refractivity contribution in [1.29, 1.82) is 0 Å². The van der Waals surface area contributed by atoms with Crippen LogP contribution >= 0.6 is 0 Å². The fourth-order valence-electron chi connectivity index (χ4n) is 2.25. The van der Waals surface area contributed by atoms with Gasteiger partial charge in [0.05, 0.1) is 12.1 Å². The van der Waals surface area contributed by atoms with Crippen LogP contribution in [-0.2, 0) is 4.74 Å². The van der Waals surface area contributed by atoms with Crippen molar-refractivity contribution >= 4 is 6.09 Å². The van der Waals surface area contributed by atoms with Crippen LogP contribution in [0.2, 0.25) is 0 Å². The largest absolute Gasteiger partial charge is 0.444 e. The Morgan fingerprint density at radius 1 is 1.28 bits per heavy atom. The molecule has 1 fully saturated rings. The first kappa shape index (κ1) is 15.3. The van der Waals surface area contributed by atoms with Crippen molar-refractivity contribution in [1.82, 2.24) is 4.90 Å². The summed E-state index contributed by atoms with van der Waals surface area (Å²) in [5.74, 6) is 0. The molecule has 0 aliphatic carbocycles. The third-order valence-electron chi connectivity index (χ3n) is 3.18. The van der Waals surface area contributed by atoms with E-state index in [1.165, 1.54) is 0 Å². The van der Waals surface area contributed by atoms with Crippen molar-refractivity contribution in [3.63, 3.8) is 0 Å². The molecule has 1 amide bonds. The van der Waals surface area contributed by atoms with E-state index in [-0.39, 0.29) is 17.6 Å². The number of likely N-dealkylation sites (tertiary alicyclic amines) is 1. The van der Waals surface area contributed by atoms with Gasteiger partial charge in [-0.2, -0.15) is 0 Å². The highest BCUT2D eigenvalue weighted by molar-refractivity contribution is 5.69. The van der Waals surface area contributed by atoms with E-state index >= 15 is 0 Å². The van der Waals surface area contributed by atoms with Gasteiger partial charge in [-0.05, 0) is 39.0 Å². The minimum atomic E-state index is -0.521. The average molecular weight is 257 g/mol. The van der Waals surface area contributed by atoms with Crippen LogP contribution in [-0.4, -0.2) is 40.4 Å². The zero-order valence-electron chi connectivity index (χ0n) is 12.5. The maximum Gasteiger partial charge on any atom is 0.410 e. The summed E-state index contributed by atoms with van der Waals surface area (Å²) in [6.07, 6.45) is 0.940. The van der Waals surface area contributed by atoms with Gasteiger partial charge in [-0.15, -0.1) is 0 Å². The van der Waals surface area contributed by atoms with Crippen molar-refractivity contribution in [2.75, 3.05) is 6.54 Å². The molecule has 0 saturated carbocycles. The molecule has 0 radical (unpaired) electrons. The van der Waals surface area contributed by atoms with Gasteiger partial charge in [-0.25, -0.2) is 4.79 Å². The Labute approximate surface area is 110 Å². The number of nitrogens with zero attached hydrogens (tertiary/aromatic N) is 1. The fourth-order valence-corrected chi connectivity index (χ4v) is 2.25. The highest BCUT2D eigenvalue weighted by Gasteiger charge is 2.40. The van der Waals surface area contributed by atoms with E-state index in [2.05, 4.69) is 0 Å². The van der Waals surface area contributed by atoms with Gasteiger partial charge in [0, 0.05) is 6.54 Å². The lowest BCUT2D eigenvalue weighted by atomic mass is 9.84. The highest BCUT2D eigenvalue weighted by Crippen LogP contribution is 2.31. The van der Waals surface area contributed by atoms with Gasteiger partial charge in [-0.1, -0.05) is 20.8 Å². The lowest BCUT2D eigenvalue weighted by molar-refractivity contribution is -0.0231. The summed E-state index contributed by atoms with van der Waals surface area (Å²) in [4.78, 5) is 13.8. The lowest BCUT2D eigenvalue weighted by Crippen LogP contribution is -2.49. The van der Waals surface area contributed by atoms with Crippen LogP contribution < -0.4 is 0 Å². The Hall–Kier alpha value is -0.770. The van der Waals surface area contributed by atoms with Crippen molar-refractivity contribution in [2.24, 2.45) is 5.41 Å². The van der Waals surface area contributed by atoms with Crippen molar-refractivity contribution in [2.45, 2.75) is 72.1 Å². The van der Waals surface area contributed by atoms with Gasteiger partial charge >= 0.3 is 6.09 Å². The molecule has 0 unspecified atom stereocenters. The molecule has 1 rings (SSSR count). The van der Waals surface area contributed by atoms with Crippen LogP contribution in [0, 0.1) is 5.41 Å². The summed E-state index contributed by atoms with van der Waals surface area (Å²) in [6, 6.07) is -0.125. The van der Waals surface area contributed by atoms with Gasteiger partial charge in [0.15, 0.2) is 0 Å². The molecule has 4 nitrogen and oxygen atoms in total. The molecule has 2 atom stereocenters. The molecule has 18 heavy (non-hydrogen) atoms. The van der Waals surface area contributed by atoms with Crippen LogP contribution in [0.5, 0.6) is 0 Å². The van der Waals surface area contributed by atoms with Gasteiger partial charge in [0.2, 0.25) is 0 Å². The molecule has 0 bridgehead atoms. The molecule has 0 aromatic rings. The van der Waals surface area contributed by atoms with E-state index in [9.17, 15) is 9.90 Å². The fraction of sp³-hybridized carbons (Fsp3) is 0.929. The molecule has 0 aromatic carbocycles. The van der Waals surface area contributed by atoms with Gasteiger partial charge in [0.1, 0.15) is 5.60 Å². The van der Waals surface area contributed by atoms with E-state index in [4.69, 9.17) is 4.74 Å². The number of aliphatic hydroxyl groups excluding tert-OH is 1. The predicted molar refractivity (Wildman–Crippen MR) is 71.4 cm³/mol. The average Bonchev–Trinajstić information content (AvgIpc) is 2.60. The topological polar surface area (TPSA) is 49.8 Å². The Kier molecular flexibility index (Phi) is 4.31. The van der Waals surface area contributed by atoms with Gasteiger partial charge in [-0.3, -0.25) is 0 Å². The molecule has 1 N–H and O–H groups in total. The molecule has 0 spiro atoms. The second kappa shape index (κ2) is 5.08. The number of rotatable bonds is 1. The molecule has 4 heteroatoms. The molecule has 106 valence electrons. The van der Waals surface area contributed by atoms with Crippen molar-refractivity contribution in [3.8, 4) is 0 Å². The van der Waals surface area contributed by atoms with Gasteiger partial charge in [0.25, 0.3) is 0 Å². The Morgan fingerprint density at radius 3 is 2.28 bits per heavy atom. The number of carbonyl (C=O) groups excluding carboxylic acids is 1. The first-order valence-electron chi connectivity index (χ1n) is 6.70. The Balaban J connectivity index is 2.74. The van der Waals surface area contributed by atoms with Crippen LogP contribution in [0.3, 0.4) is 0 Å². The number of amides is 1. The summed E-state index contributed by atoms with van der Waals surface area (Å²) in [6.45, 7) is 12.2. The van der Waals surface area contributed by atoms with E-state index in [0.717, 1.165) is 12.8 Å². The van der Waals surface area contributed by atoms with Crippen LogP contribution in [0.25, 0.3) is 0 Å². The van der Waals surface area contributed by atoms with Gasteiger partial charge < -0.3 is 14.7 Å². The monoisotopic (exact) mass is 257 g/mol. The first-order chi connectivity index (χ1) is 8.02. The summed E-state index contributed by atoms with van der Waals surface area (Å²) in [5, 5.41) is 10.4. The van der Waals surface area contributed by atoms with Crippen LogP contribution in [0.1, 0.15) is 54.4 Å². The SMILES string of the molecule is CC(C)(C)OC(=O)N1CCC[C@@H]1[C@H](O)C(C)(C)C. The summed E-state index contributed by atoms with van der Waals surface area (Å²) < 4.78 is 5.39. The van der Waals surface area contributed by atoms with E-state index in [1.807, 2.05) is 41.5 Å². The Morgan fingerprint density at radius 2 is 1.83 bits per heavy atom. The summed E-state index contributed by atoms with van der Waals surface area (Å²) in [7, 11) is 0. The molecular formula is C14H27NO3. The molecule has 1 heterocycles. The summed E-state index contributed by atoms with van der Waals surface area (Å²) >= 11 is 0. The third kappa shape index (κ3) is 3.87. The minimum Gasteiger partial charge on any atom is -0.444 e. The van der Waals surface area contributed by atoms with E-state index < -0.39 is 11.7 Å². The zero-order valence-corrected chi connectivity index (χ0v) is 12.5. The number of carbonyl (C=O) groups is 1. The lowest BCUT2D eigenvalue weighted by Gasteiger charge is -2.36. The van der Waals surface area contributed by atoms with Crippen LogP contribution in [0.4, 0.5) is 4.79 Å². The minimum absolute atomic E-state index is 0.125. The predicted octanol–water partition coefficient (Wildman–Crippen LogP) is 2.79. The third-order valence-corrected chi connectivity index (χ3v) is 3.18. The molecule has 0 aromatic heterocycles.